The molecular weight excluding hydrogens is 200 g/mol. The Hall–Kier alpha value is -1.48. The van der Waals surface area contributed by atoms with Crippen molar-refractivity contribution in [2.45, 2.75) is 6.92 Å². The summed E-state index contributed by atoms with van der Waals surface area (Å²) in [6.07, 6.45) is 1.57. The molecule has 0 bridgehead atoms. The van der Waals surface area contributed by atoms with Crippen LogP contribution < -0.4 is 5.73 Å². The second-order valence-corrected chi connectivity index (χ2v) is 3.49. The van der Waals surface area contributed by atoms with Crippen molar-refractivity contribution >= 4 is 17.5 Å². The minimum Gasteiger partial charge on any atom is -0.367 e. The Morgan fingerprint density at radius 2 is 2.14 bits per heavy atom. The van der Waals surface area contributed by atoms with Crippen LogP contribution in [0.5, 0.6) is 0 Å². The fourth-order valence-corrected chi connectivity index (χ4v) is 1.52. The number of hydrogen-bond acceptors (Lipinski definition) is 3. The average molecular weight is 209 g/mol. The summed E-state index contributed by atoms with van der Waals surface area (Å²) in [7, 11) is 0. The van der Waals surface area contributed by atoms with Gasteiger partial charge >= 0.3 is 0 Å². The lowest BCUT2D eigenvalue weighted by atomic mass is 10.1. The van der Waals surface area contributed by atoms with E-state index in [1.807, 2.05) is 25.1 Å². The van der Waals surface area contributed by atoms with E-state index in [-0.39, 0.29) is 5.88 Å². The van der Waals surface area contributed by atoms with Crippen LogP contribution in [0.15, 0.2) is 28.9 Å². The van der Waals surface area contributed by atoms with Crippen LogP contribution in [0.4, 0.5) is 5.88 Å². The first-order chi connectivity index (χ1) is 6.68. The highest BCUT2D eigenvalue weighted by Gasteiger charge is 2.10. The molecule has 14 heavy (non-hydrogen) atoms. The molecule has 2 rings (SSSR count). The Labute approximate surface area is 86.5 Å². The van der Waals surface area contributed by atoms with Gasteiger partial charge in [-0.25, -0.2) is 0 Å². The summed E-state index contributed by atoms with van der Waals surface area (Å²) in [4.78, 5) is 0. The first-order valence-corrected chi connectivity index (χ1v) is 4.53. The van der Waals surface area contributed by atoms with Gasteiger partial charge < -0.3 is 10.3 Å². The molecule has 0 saturated heterocycles. The van der Waals surface area contributed by atoms with E-state index in [0.717, 1.165) is 16.7 Å². The van der Waals surface area contributed by atoms with Crippen LogP contribution in [0.25, 0.3) is 11.1 Å². The number of anilines is 1. The minimum absolute atomic E-state index is 0.289. The molecule has 4 heteroatoms. The number of benzene rings is 1. The van der Waals surface area contributed by atoms with E-state index >= 15 is 0 Å². The van der Waals surface area contributed by atoms with Gasteiger partial charge in [-0.05, 0) is 19.1 Å². The lowest BCUT2D eigenvalue weighted by Gasteiger charge is -2.02. The minimum atomic E-state index is 0.289. The van der Waals surface area contributed by atoms with Crippen molar-refractivity contribution in [1.82, 2.24) is 5.16 Å². The van der Waals surface area contributed by atoms with Crippen LogP contribution in [0.2, 0.25) is 5.02 Å². The zero-order chi connectivity index (χ0) is 10.1. The summed E-state index contributed by atoms with van der Waals surface area (Å²) in [5.74, 6) is 0.289. The third kappa shape index (κ3) is 1.46. The lowest BCUT2D eigenvalue weighted by molar-refractivity contribution is 0.436. The molecular formula is C10H9ClN2O. The summed E-state index contributed by atoms with van der Waals surface area (Å²) in [6, 6.07) is 5.72. The third-order valence-electron chi connectivity index (χ3n) is 2.01. The molecule has 0 radical (unpaired) electrons. The van der Waals surface area contributed by atoms with Crippen LogP contribution in [-0.2, 0) is 0 Å². The summed E-state index contributed by atoms with van der Waals surface area (Å²) in [5, 5.41) is 4.25. The fourth-order valence-electron chi connectivity index (χ4n) is 1.30. The molecule has 72 valence electrons. The van der Waals surface area contributed by atoms with Gasteiger partial charge in [0.15, 0.2) is 0 Å². The Balaban J connectivity index is 2.62. The normalized spacial score (nSPS) is 10.4. The van der Waals surface area contributed by atoms with E-state index < -0.39 is 0 Å². The third-order valence-corrected chi connectivity index (χ3v) is 2.34. The lowest BCUT2D eigenvalue weighted by Crippen LogP contribution is -1.86. The molecule has 0 unspecified atom stereocenters. The summed E-state index contributed by atoms with van der Waals surface area (Å²) in [5.41, 5.74) is 8.31. The SMILES string of the molecule is Cc1ccc(Cl)c(-c2cnoc2N)c1. The van der Waals surface area contributed by atoms with Gasteiger partial charge in [0.1, 0.15) is 0 Å². The molecule has 0 atom stereocenters. The standard InChI is InChI=1S/C10H9ClN2O/c1-6-2-3-9(11)7(4-6)8-5-13-14-10(8)12/h2-5H,12H2,1H3. The van der Waals surface area contributed by atoms with Crippen LogP contribution in [0.1, 0.15) is 5.56 Å². The summed E-state index contributed by atoms with van der Waals surface area (Å²) >= 11 is 6.03. The Morgan fingerprint density at radius 3 is 2.79 bits per heavy atom. The molecule has 2 N–H and O–H groups in total. The smallest absolute Gasteiger partial charge is 0.230 e. The number of nitrogens with two attached hydrogens (primary N) is 1. The van der Waals surface area contributed by atoms with Crippen molar-refractivity contribution in [3.8, 4) is 11.1 Å². The van der Waals surface area contributed by atoms with Crippen LogP contribution >= 0.6 is 11.6 Å². The number of rotatable bonds is 1. The monoisotopic (exact) mass is 208 g/mol. The van der Waals surface area contributed by atoms with Crippen LogP contribution in [0.3, 0.4) is 0 Å². The molecule has 1 aromatic heterocycles. The predicted molar refractivity (Wildman–Crippen MR) is 56.1 cm³/mol. The molecule has 2 aromatic rings. The van der Waals surface area contributed by atoms with E-state index in [1.54, 1.807) is 6.20 Å². The molecule has 0 fully saturated rings. The molecule has 0 spiro atoms. The van der Waals surface area contributed by atoms with E-state index in [0.29, 0.717) is 5.02 Å². The number of aryl methyl sites for hydroxylation is 1. The van der Waals surface area contributed by atoms with Crippen molar-refractivity contribution in [2.75, 3.05) is 5.73 Å². The average Bonchev–Trinajstić information content (AvgIpc) is 2.56. The van der Waals surface area contributed by atoms with Crippen molar-refractivity contribution in [2.24, 2.45) is 0 Å². The second-order valence-electron chi connectivity index (χ2n) is 3.09. The van der Waals surface area contributed by atoms with Crippen LogP contribution in [0, 0.1) is 6.92 Å². The maximum Gasteiger partial charge on any atom is 0.230 e. The first-order valence-electron chi connectivity index (χ1n) is 4.15. The Kier molecular flexibility index (Phi) is 2.17. The molecule has 1 aromatic carbocycles. The van der Waals surface area contributed by atoms with Gasteiger partial charge in [-0.1, -0.05) is 28.4 Å². The van der Waals surface area contributed by atoms with Crippen molar-refractivity contribution in [1.29, 1.82) is 0 Å². The fraction of sp³-hybridized carbons (Fsp3) is 0.100. The summed E-state index contributed by atoms with van der Waals surface area (Å²) in [6.45, 7) is 1.99. The quantitative estimate of drug-likeness (QED) is 0.784. The highest BCUT2D eigenvalue weighted by atomic mass is 35.5. The van der Waals surface area contributed by atoms with Crippen molar-refractivity contribution in [3.63, 3.8) is 0 Å². The molecule has 0 aliphatic heterocycles. The molecule has 0 aliphatic carbocycles. The Bertz CT molecular complexity index is 465. The maximum atomic E-state index is 6.03. The Morgan fingerprint density at radius 1 is 1.36 bits per heavy atom. The van der Waals surface area contributed by atoms with Gasteiger partial charge in [-0.3, -0.25) is 0 Å². The van der Waals surface area contributed by atoms with E-state index in [9.17, 15) is 0 Å². The zero-order valence-electron chi connectivity index (χ0n) is 7.62. The van der Waals surface area contributed by atoms with Gasteiger partial charge in [0, 0.05) is 10.6 Å². The van der Waals surface area contributed by atoms with E-state index in [4.69, 9.17) is 21.9 Å². The first kappa shape index (κ1) is 9.09. The van der Waals surface area contributed by atoms with Gasteiger partial charge in [0.25, 0.3) is 0 Å². The molecule has 0 aliphatic rings. The van der Waals surface area contributed by atoms with E-state index in [1.165, 1.54) is 0 Å². The van der Waals surface area contributed by atoms with Gasteiger partial charge in [-0.15, -0.1) is 0 Å². The number of hydrogen-bond donors (Lipinski definition) is 1. The summed E-state index contributed by atoms with van der Waals surface area (Å²) < 4.78 is 4.78. The molecule has 3 nitrogen and oxygen atoms in total. The molecule has 1 heterocycles. The highest BCUT2D eigenvalue weighted by Crippen LogP contribution is 2.32. The molecule has 0 amide bonds. The van der Waals surface area contributed by atoms with Gasteiger partial charge in [0.2, 0.25) is 5.88 Å². The number of nitrogens with zero attached hydrogens (tertiary/aromatic N) is 1. The van der Waals surface area contributed by atoms with Gasteiger partial charge in [0.05, 0.1) is 11.8 Å². The topological polar surface area (TPSA) is 52.0 Å². The van der Waals surface area contributed by atoms with Crippen molar-refractivity contribution < 1.29 is 4.52 Å². The molecule has 0 saturated carbocycles. The number of nitrogen functional groups attached to an aromatic ring is 1. The highest BCUT2D eigenvalue weighted by molar-refractivity contribution is 6.33. The van der Waals surface area contributed by atoms with Gasteiger partial charge in [-0.2, -0.15) is 0 Å². The number of aromatic nitrogens is 1. The van der Waals surface area contributed by atoms with Crippen LogP contribution in [-0.4, -0.2) is 5.16 Å². The predicted octanol–water partition coefficient (Wildman–Crippen LogP) is 2.89. The number of halogens is 1. The van der Waals surface area contributed by atoms with E-state index in [2.05, 4.69) is 5.16 Å². The van der Waals surface area contributed by atoms with Crippen molar-refractivity contribution in [3.05, 3.63) is 35.0 Å². The maximum absolute atomic E-state index is 6.03. The largest absolute Gasteiger partial charge is 0.367 e. The second kappa shape index (κ2) is 3.35. The zero-order valence-corrected chi connectivity index (χ0v) is 8.38.